The van der Waals surface area contributed by atoms with E-state index in [-0.39, 0.29) is 0 Å². The molecule has 4 heterocycles. The Hall–Kier alpha value is -5.42. The van der Waals surface area contributed by atoms with E-state index >= 15 is 0 Å². The first-order chi connectivity index (χ1) is 19.3. The second-order valence-electron chi connectivity index (χ2n) is 9.50. The Labute approximate surface area is 223 Å². The molecule has 8 aromatic rings. The van der Waals surface area contributed by atoms with Gasteiger partial charge in [0.1, 0.15) is 11.3 Å². The number of nitrogens with zero attached hydrogens (tertiary/aromatic N) is 3. The standard InChI is InChI=1S/C34H21N3O2/c1-3-13-29-25(10-1)26-17-16-23(34-36-28-12-2-4-14-32(28)39-34)21-30(26)37(29)24-9-5-8-22(20-24)33-27(11-6-18-35-33)31-15-7-19-38-31/h1-21H. The van der Waals surface area contributed by atoms with Crippen molar-refractivity contribution in [1.82, 2.24) is 14.5 Å². The number of hydrogen-bond acceptors (Lipinski definition) is 4. The van der Waals surface area contributed by atoms with Gasteiger partial charge in [-0.05, 0) is 66.7 Å². The van der Waals surface area contributed by atoms with Gasteiger partial charge in [0, 0.05) is 39.3 Å². The molecule has 0 aliphatic heterocycles. The van der Waals surface area contributed by atoms with Gasteiger partial charge < -0.3 is 13.4 Å². The summed E-state index contributed by atoms with van der Waals surface area (Å²) in [7, 11) is 0. The van der Waals surface area contributed by atoms with Gasteiger partial charge in [-0.3, -0.25) is 4.98 Å². The van der Waals surface area contributed by atoms with Gasteiger partial charge in [-0.2, -0.15) is 0 Å². The lowest BCUT2D eigenvalue weighted by Crippen LogP contribution is -1.95. The van der Waals surface area contributed by atoms with Crippen molar-refractivity contribution in [2.24, 2.45) is 0 Å². The van der Waals surface area contributed by atoms with Crippen LogP contribution >= 0.6 is 0 Å². The van der Waals surface area contributed by atoms with Crippen LogP contribution in [-0.2, 0) is 0 Å². The fourth-order valence-corrected chi connectivity index (χ4v) is 5.44. The molecule has 39 heavy (non-hydrogen) atoms. The van der Waals surface area contributed by atoms with E-state index in [2.05, 4.69) is 71.3 Å². The highest BCUT2D eigenvalue weighted by Crippen LogP contribution is 2.37. The van der Waals surface area contributed by atoms with Crippen LogP contribution in [-0.4, -0.2) is 14.5 Å². The summed E-state index contributed by atoms with van der Waals surface area (Å²) in [6.45, 7) is 0. The van der Waals surface area contributed by atoms with Crippen LogP contribution in [0.25, 0.3) is 72.6 Å². The maximum Gasteiger partial charge on any atom is 0.227 e. The number of oxazole rings is 1. The Kier molecular flexibility index (Phi) is 4.76. The van der Waals surface area contributed by atoms with Crippen LogP contribution in [0.2, 0.25) is 0 Å². The second-order valence-corrected chi connectivity index (χ2v) is 9.50. The van der Waals surface area contributed by atoms with Crippen LogP contribution in [0.1, 0.15) is 0 Å². The lowest BCUT2D eigenvalue weighted by Gasteiger charge is -2.12. The highest BCUT2D eigenvalue weighted by Gasteiger charge is 2.17. The molecule has 184 valence electrons. The van der Waals surface area contributed by atoms with Crippen LogP contribution in [0, 0.1) is 0 Å². The summed E-state index contributed by atoms with van der Waals surface area (Å²) < 4.78 is 14.1. The van der Waals surface area contributed by atoms with Crippen molar-refractivity contribution < 1.29 is 8.83 Å². The Morgan fingerprint density at radius 3 is 2.46 bits per heavy atom. The van der Waals surface area contributed by atoms with Gasteiger partial charge in [0.15, 0.2) is 5.58 Å². The van der Waals surface area contributed by atoms with Crippen molar-refractivity contribution in [3.8, 4) is 39.7 Å². The molecule has 0 saturated heterocycles. The molecule has 0 saturated carbocycles. The number of aromatic nitrogens is 3. The number of hydrogen-bond donors (Lipinski definition) is 0. The number of para-hydroxylation sites is 3. The number of furan rings is 1. The van der Waals surface area contributed by atoms with Crippen LogP contribution in [0.15, 0.2) is 137 Å². The monoisotopic (exact) mass is 503 g/mol. The Morgan fingerprint density at radius 2 is 1.54 bits per heavy atom. The van der Waals surface area contributed by atoms with Gasteiger partial charge in [-0.1, -0.05) is 48.5 Å². The van der Waals surface area contributed by atoms with Crippen LogP contribution < -0.4 is 0 Å². The first-order valence-corrected chi connectivity index (χ1v) is 12.8. The van der Waals surface area contributed by atoms with Crippen molar-refractivity contribution >= 4 is 32.9 Å². The summed E-state index contributed by atoms with van der Waals surface area (Å²) >= 11 is 0. The number of pyridine rings is 1. The zero-order valence-corrected chi connectivity index (χ0v) is 20.8. The fourth-order valence-electron chi connectivity index (χ4n) is 5.44. The molecular formula is C34H21N3O2. The molecule has 0 bridgehead atoms. The molecule has 0 radical (unpaired) electrons. The normalized spacial score (nSPS) is 11.6. The Morgan fingerprint density at radius 1 is 0.641 bits per heavy atom. The first-order valence-electron chi connectivity index (χ1n) is 12.8. The van der Waals surface area contributed by atoms with E-state index in [9.17, 15) is 0 Å². The van der Waals surface area contributed by atoms with E-state index in [4.69, 9.17) is 18.8 Å². The molecule has 4 aromatic heterocycles. The number of benzene rings is 4. The maximum absolute atomic E-state index is 6.11. The van der Waals surface area contributed by atoms with Gasteiger partial charge in [0.05, 0.1) is 23.0 Å². The topological polar surface area (TPSA) is 57.0 Å². The minimum atomic E-state index is 0.611. The predicted octanol–water partition coefficient (Wildman–Crippen LogP) is 8.91. The van der Waals surface area contributed by atoms with E-state index in [1.807, 2.05) is 54.7 Å². The highest BCUT2D eigenvalue weighted by molar-refractivity contribution is 6.10. The van der Waals surface area contributed by atoms with Gasteiger partial charge in [-0.15, -0.1) is 0 Å². The molecular weight excluding hydrogens is 482 g/mol. The van der Waals surface area contributed by atoms with E-state index in [0.717, 1.165) is 56.0 Å². The fraction of sp³-hybridized carbons (Fsp3) is 0. The maximum atomic E-state index is 6.11. The molecule has 4 aromatic carbocycles. The van der Waals surface area contributed by atoms with Crippen LogP contribution in [0.4, 0.5) is 0 Å². The van der Waals surface area contributed by atoms with Gasteiger partial charge in [-0.25, -0.2) is 4.98 Å². The first kappa shape index (κ1) is 21.6. The predicted molar refractivity (Wildman–Crippen MR) is 155 cm³/mol. The summed E-state index contributed by atoms with van der Waals surface area (Å²) in [5.41, 5.74) is 8.68. The van der Waals surface area contributed by atoms with Crippen molar-refractivity contribution in [2.45, 2.75) is 0 Å². The molecule has 0 amide bonds. The third-order valence-electron chi connectivity index (χ3n) is 7.19. The van der Waals surface area contributed by atoms with E-state index in [1.54, 1.807) is 6.26 Å². The van der Waals surface area contributed by atoms with Crippen molar-refractivity contribution in [3.05, 3.63) is 128 Å². The largest absolute Gasteiger partial charge is 0.464 e. The van der Waals surface area contributed by atoms with Crippen LogP contribution in [0.5, 0.6) is 0 Å². The molecule has 5 heteroatoms. The van der Waals surface area contributed by atoms with Crippen molar-refractivity contribution in [1.29, 1.82) is 0 Å². The molecule has 8 rings (SSSR count). The number of rotatable bonds is 4. The van der Waals surface area contributed by atoms with Gasteiger partial charge in [0.2, 0.25) is 5.89 Å². The zero-order valence-electron chi connectivity index (χ0n) is 20.8. The molecule has 0 fully saturated rings. The minimum absolute atomic E-state index is 0.611. The summed E-state index contributed by atoms with van der Waals surface area (Å²) in [4.78, 5) is 9.48. The Balaban J connectivity index is 1.35. The number of fused-ring (bicyclic) bond motifs is 4. The quantitative estimate of drug-likeness (QED) is 0.241. The summed E-state index contributed by atoms with van der Waals surface area (Å²) in [6.07, 6.45) is 3.51. The van der Waals surface area contributed by atoms with Gasteiger partial charge in [0.25, 0.3) is 0 Å². The van der Waals surface area contributed by atoms with E-state index in [0.29, 0.717) is 5.89 Å². The van der Waals surface area contributed by atoms with Crippen molar-refractivity contribution in [2.75, 3.05) is 0 Å². The molecule has 0 N–H and O–H groups in total. The van der Waals surface area contributed by atoms with Crippen molar-refractivity contribution in [3.63, 3.8) is 0 Å². The molecule has 0 spiro atoms. The average Bonchev–Trinajstić information content (AvgIpc) is 3.75. The SMILES string of the molecule is c1cc(-c2ncccc2-c2ccco2)cc(-n2c3ccccc3c3ccc(-c4nc5ccccc5o4)cc32)c1. The van der Waals surface area contributed by atoms with Gasteiger partial charge >= 0.3 is 0 Å². The molecule has 5 nitrogen and oxygen atoms in total. The second kappa shape index (κ2) is 8.57. The van der Waals surface area contributed by atoms with E-state index < -0.39 is 0 Å². The van der Waals surface area contributed by atoms with Crippen LogP contribution in [0.3, 0.4) is 0 Å². The smallest absolute Gasteiger partial charge is 0.227 e. The Bertz CT molecular complexity index is 2100. The third-order valence-corrected chi connectivity index (χ3v) is 7.19. The molecule has 0 aliphatic rings. The lowest BCUT2D eigenvalue weighted by atomic mass is 10.0. The minimum Gasteiger partial charge on any atom is -0.464 e. The molecule has 0 aliphatic carbocycles. The van der Waals surface area contributed by atoms with E-state index in [1.165, 1.54) is 10.8 Å². The molecule has 0 atom stereocenters. The molecule has 0 unspecified atom stereocenters. The lowest BCUT2D eigenvalue weighted by molar-refractivity contribution is 0.582. The third kappa shape index (κ3) is 3.48. The highest BCUT2D eigenvalue weighted by atomic mass is 16.3. The zero-order chi connectivity index (χ0) is 25.8. The summed E-state index contributed by atoms with van der Waals surface area (Å²) in [5, 5.41) is 2.36. The average molecular weight is 504 g/mol. The summed E-state index contributed by atoms with van der Waals surface area (Å²) in [5.74, 6) is 1.41. The summed E-state index contributed by atoms with van der Waals surface area (Å²) in [6, 6.07) is 39.1.